The molecule has 0 heterocycles. The van der Waals surface area contributed by atoms with Gasteiger partial charge in [-0.15, -0.1) is 0 Å². The number of hydrogen-bond acceptors (Lipinski definition) is 1. The van der Waals surface area contributed by atoms with Gasteiger partial charge in [-0.3, -0.25) is 0 Å². The molecule has 0 aliphatic heterocycles. The van der Waals surface area contributed by atoms with E-state index in [1.54, 1.807) is 6.92 Å². The number of alkyl halides is 1. The van der Waals surface area contributed by atoms with Crippen molar-refractivity contribution in [1.82, 2.24) is 0 Å². The lowest BCUT2D eigenvalue weighted by molar-refractivity contribution is -0.0419. The van der Waals surface area contributed by atoms with E-state index in [1.165, 1.54) is 0 Å². The fourth-order valence-corrected chi connectivity index (χ4v) is 1.59. The highest BCUT2D eigenvalue weighted by Crippen LogP contribution is 2.34. The summed E-state index contributed by atoms with van der Waals surface area (Å²) in [6.45, 7) is 1.80. The molecular weight excluding hydrogens is 131 g/mol. The Kier molecular flexibility index (Phi) is 2.29. The molecule has 2 heteroatoms. The summed E-state index contributed by atoms with van der Waals surface area (Å²) in [5.74, 6) is 0. The molecule has 1 saturated carbocycles. The fourth-order valence-electron chi connectivity index (χ4n) is 1.59. The topological polar surface area (TPSA) is 20.2 Å². The van der Waals surface area contributed by atoms with Crippen LogP contribution >= 0.6 is 0 Å². The molecule has 0 aromatic heterocycles. The van der Waals surface area contributed by atoms with E-state index in [9.17, 15) is 9.50 Å². The van der Waals surface area contributed by atoms with Crippen LogP contribution in [0.3, 0.4) is 0 Å². The van der Waals surface area contributed by atoms with Crippen molar-refractivity contribution in [2.24, 2.45) is 0 Å². The molecule has 0 unspecified atom stereocenters. The average Bonchev–Trinajstić information content (AvgIpc) is 1.96. The SMILES string of the molecule is CC[C@@]1(F)CCCC[C@H]1O. The average molecular weight is 146 g/mol. The summed E-state index contributed by atoms with van der Waals surface area (Å²) in [7, 11) is 0. The second-order valence-electron chi connectivity index (χ2n) is 3.15. The Bertz CT molecular complexity index is 116. The van der Waals surface area contributed by atoms with Gasteiger partial charge in [0, 0.05) is 0 Å². The summed E-state index contributed by atoms with van der Waals surface area (Å²) in [6.07, 6.45) is 2.85. The Morgan fingerprint density at radius 3 is 2.70 bits per heavy atom. The first-order valence-electron chi connectivity index (χ1n) is 4.06. The van der Waals surface area contributed by atoms with Crippen LogP contribution in [0.1, 0.15) is 39.0 Å². The summed E-state index contributed by atoms with van der Waals surface area (Å²) in [5, 5.41) is 9.25. The van der Waals surface area contributed by atoms with Crippen LogP contribution in [0.5, 0.6) is 0 Å². The van der Waals surface area contributed by atoms with Crippen molar-refractivity contribution in [2.75, 3.05) is 0 Å². The number of aliphatic hydroxyl groups is 1. The molecule has 1 aliphatic rings. The molecule has 0 radical (unpaired) electrons. The zero-order chi connectivity index (χ0) is 7.61. The van der Waals surface area contributed by atoms with Crippen LogP contribution in [0.15, 0.2) is 0 Å². The molecule has 60 valence electrons. The van der Waals surface area contributed by atoms with E-state index in [-0.39, 0.29) is 0 Å². The van der Waals surface area contributed by atoms with E-state index in [4.69, 9.17) is 0 Å². The summed E-state index contributed by atoms with van der Waals surface area (Å²) in [5.41, 5.74) is -1.27. The van der Waals surface area contributed by atoms with Crippen LogP contribution in [0.2, 0.25) is 0 Å². The van der Waals surface area contributed by atoms with E-state index < -0.39 is 11.8 Å². The van der Waals surface area contributed by atoms with E-state index >= 15 is 0 Å². The van der Waals surface area contributed by atoms with Gasteiger partial charge in [0.1, 0.15) is 5.67 Å². The van der Waals surface area contributed by atoms with Gasteiger partial charge in [0.25, 0.3) is 0 Å². The summed E-state index contributed by atoms with van der Waals surface area (Å²) < 4.78 is 13.4. The highest BCUT2D eigenvalue weighted by atomic mass is 19.1. The molecule has 2 atom stereocenters. The smallest absolute Gasteiger partial charge is 0.136 e. The van der Waals surface area contributed by atoms with Crippen molar-refractivity contribution < 1.29 is 9.50 Å². The standard InChI is InChI=1S/C8H15FO/c1-2-8(9)6-4-3-5-7(8)10/h7,10H,2-6H2,1H3/t7-,8-/m1/s1. The third kappa shape index (κ3) is 1.31. The molecule has 0 saturated heterocycles. The van der Waals surface area contributed by atoms with Gasteiger partial charge in [0.2, 0.25) is 0 Å². The molecule has 1 N–H and O–H groups in total. The van der Waals surface area contributed by atoms with Gasteiger partial charge in [-0.25, -0.2) is 4.39 Å². The van der Waals surface area contributed by atoms with Crippen LogP contribution in [-0.4, -0.2) is 16.9 Å². The van der Waals surface area contributed by atoms with Gasteiger partial charge in [0.15, 0.2) is 0 Å². The summed E-state index contributed by atoms with van der Waals surface area (Å²) in [4.78, 5) is 0. The van der Waals surface area contributed by atoms with Crippen LogP contribution in [0.4, 0.5) is 4.39 Å². The maximum absolute atomic E-state index is 13.4. The number of rotatable bonds is 1. The molecule has 0 bridgehead atoms. The largest absolute Gasteiger partial charge is 0.390 e. The van der Waals surface area contributed by atoms with Crippen LogP contribution in [0.25, 0.3) is 0 Å². The highest BCUT2D eigenvalue weighted by molar-refractivity contribution is 4.89. The second-order valence-corrected chi connectivity index (χ2v) is 3.15. The number of aliphatic hydroxyl groups excluding tert-OH is 1. The van der Waals surface area contributed by atoms with Crippen molar-refractivity contribution in [1.29, 1.82) is 0 Å². The van der Waals surface area contributed by atoms with Crippen molar-refractivity contribution >= 4 is 0 Å². The van der Waals surface area contributed by atoms with E-state index in [0.29, 0.717) is 19.3 Å². The molecule has 0 aromatic rings. The van der Waals surface area contributed by atoms with Gasteiger partial charge in [-0.2, -0.15) is 0 Å². The number of hydrogen-bond donors (Lipinski definition) is 1. The fraction of sp³-hybridized carbons (Fsp3) is 1.00. The maximum Gasteiger partial charge on any atom is 0.136 e. The van der Waals surface area contributed by atoms with Crippen LogP contribution in [0, 0.1) is 0 Å². The lowest BCUT2D eigenvalue weighted by Crippen LogP contribution is -2.39. The lowest BCUT2D eigenvalue weighted by atomic mass is 9.82. The predicted octanol–water partition coefficient (Wildman–Crippen LogP) is 2.04. The Morgan fingerprint density at radius 2 is 2.30 bits per heavy atom. The van der Waals surface area contributed by atoms with E-state index in [0.717, 1.165) is 12.8 Å². The van der Waals surface area contributed by atoms with Crippen LogP contribution in [-0.2, 0) is 0 Å². The van der Waals surface area contributed by atoms with Crippen molar-refractivity contribution in [3.8, 4) is 0 Å². The molecule has 0 aromatic carbocycles. The zero-order valence-corrected chi connectivity index (χ0v) is 6.44. The normalized spacial score (nSPS) is 41.7. The van der Waals surface area contributed by atoms with Crippen molar-refractivity contribution in [3.63, 3.8) is 0 Å². The molecule has 0 spiro atoms. The molecular formula is C8H15FO. The van der Waals surface area contributed by atoms with E-state index in [2.05, 4.69) is 0 Å². The van der Waals surface area contributed by atoms with Gasteiger partial charge in [0.05, 0.1) is 6.10 Å². The molecule has 1 fully saturated rings. The first-order chi connectivity index (χ1) is 4.69. The Hall–Kier alpha value is -0.110. The lowest BCUT2D eigenvalue weighted by Gasteiger charge is -2.33. The van der Waals surface area contributed by atoms with E-state index in [1.807, 2.05) is 0 Å². The maximum atomic E-state index is 13.4. The zero-order valence-electron chi connectivity index (χ0n) is 6.44. The molecule has 1 aliphatic carbocycles. The first-order valence-corrected chi connectivity index (χ1v) is 4.06. The summed E-state index contributed by atoms with van der Waals surface area (Å²) >= 11 is 0. The minimum absolute atomic E-state index is 0.453. The number of halogens is 1. The third-order valence-electron chi connectivity index (χ3n) is 2.50. The monoisotopic (exact) mass is 146 g/mol. The quantitative estimate of drug-likeness (QED) is 0.600. The minimum atomic E-state index is -1.27. The summed E-state index contributed by atoms with van der Waals surface area (Å²) in [6, 6.07) is 0. The molecule has 1 rings (SSSR count). The van der Waals surface area contributed by atoms with Gasteiger partial charge in [-0.1, -0.05) is 19.8 Å². The molecule has 10 heavy (non-hydrogen) atoms. The Morgan fingerprint density at radius 1 is 1.60 bits per heavy atom. The Labute approximate surface area is 61.2 Å². The minimum Gasteiger partial charge on any atom is -0.390 e. The predicted molar refractivity (Wildman–Crippen MR) is 38.6 cm³/mol. The molecule has 1 nitrogen and oxygen atoms in total. The van der Waals surface area contributed by atoms with Crippen molar-refractivity contribution in [2.45, 2.75) is 50.8 Å². The van der Waals surface area contributed by atoms with Gasteiger partial charge >= 0.3 is 0 Å². The van der Waals surface area contributed by atoms with Crippen molar-refractivity contribution in [3.05, 3.63) is 0 Å². The van der Waals surface area contributed by atoms with Crippen LogP contribution < -0.4 is 0 Å². The Balaban J connectivity index is 2.54. The molecule has 0 amide bonds. The van der Waals surface area contributed by atoms with Gasteiger partial charge in [-0.05, 0) is 19.3 Å². The first kappa shape index (κ1) is 7.99. The third-order valence-corrected chi connectivity index (χ3v) is 2.50. The van der Waals surface area contributed by atoms with Gasteiger partial charge < -0.3 is 5.11 Å². The highest BCUT2D eigenvalue weighted by Gasteiger charge is 2.37. The second kappa shape index (κ2) is 2.87.